The fourth-order valence-corrected chi connectivity index (χ4v) is 1.53. The summed E-state index contributed by atoms with van der Waals surface area (Å²) in [7, 11) is 1.80. The SMILES string of the molecule is Cn1[nH]c(Cc2cccc(F)c2)nc1=S. The summed E-state index contributed by atoms with van der Waals surface area (Å²) in [5, 5.41) is 2.99. The number of H-pyrrole nitrogens is 1. The third-order valence-corrected chi connectivity index (χ3v) is 2.44. The average Bonchev–Trinajstić information content (AvgIpc) is 2.45. The number of nitrogens with one attached hydrogen (secondary N) is 1. The van der Waals surface area contributed by atoms with Crippen molar-refractivity contribution in [3.8, 4) is 0 Å². The van der Waals surface area contributed by atoms with Gasteiger partial charge in [0, 0.05) is 13.5 Å². The second-order valence-electron chi connectivity index (χ2n) is 3.32. The number of benzene rings is 1. The summed E-state index contributed by atoms with van der Waals surface area (Å²) in [6.45, 7) is 0. The van der Waals surface area contributed by atoms with Crippen LogP contribution in [0.1, 0.15) is 11.4 Å². The Kier molecular flexibility index (Phi) is 2.64. The lowest BCUT2D eigenvalue weighted by Crippen LogP contribution is -1.94. The maximum atomic E-state index is 12.9. The Morgan fingerprint density at radius 1 is 1.53 bits per heavy atom. The summed E-state index contributed by atoms with van der Waals surface area (Å²) in [4.78, 5) is 4.13. The van der Waals surface area contributed by atoms with Crippen molar-refractivity contribution < 1.29 is 4.39 Å². The van der Waals surface area contributed by atoms with Crippen LogP contribution in [0.3, 0.4) is 0 Å². The van der Waals surface area contributed by atoms with Crippen LogP contribution in [0.5, 0.6) is 0 Å². The Bertz CT molecular complexity index is 529. The van der Waals surface area contributed by atoms with Crippen LogP contribution in [0.15, 0.2) is 24.3 Å². The van der Waals surface area contributed by atoms with E-state index in [1.165, 1.54) is 12.1 Å². The largest absolute Gasteiger partial charge is 0.283 e. The van der Waals surface area contributed by atoms with E-state index >= 15 is 0 Å². The molecule has 0 amide bonds. The Morgan fingerprint density at radius 2 is 2.33 bits per heavy atom. The molecule has 0 saturated carbocycles. The van der Waals surface area contributed by atoms with Gasteiger partial charge in [0.25, 0.3) is 0 Å². The van der Waals surface area contributed by atoms with E-state index in [1.807, 2.05) is 6.07 Å². The van der Waals surface area contributed by atoms with E-state index in [1.54, 1.807) is 17.8 Å². The van der Waals surface area contributed by atoms with Crippen LogP contribution in [0.25, 0.3) is 0 Å². The monoisotopic (exact) mass is 223 g/mol. The number of rotatable bonds is 2. The quantitative estimate of drug-likeness (QED) is 0.792. The minimum absolute atomic E-state index is 0.234. The van der Waals surface area contributed by atoms with E-state index in [9.17, 15) is 4.39 Å². The molecule has 2 aromatic rings. The zero-order valence-corrected chi connectivity index (χ0v) is 9.01. The van der Waals surface area contributed by atoms with Gasteiger partial charge < -0.3 is 0 Å². The molecule has 0 radical (unpaired) electrons. The summed E-state index contributed by atoms with van der Waals surface area (Å²) in [6.07, 6.45) is 0.558. The first-order valence-electron chi connectivity index (χ1n) is 4.51. The van der Waals surface area contributed by atoms with E-state index in [0.29, 0.717) is 11.2 Å². The summed E-state index contributed by atoms with van der Waals surface area (Å²) in [6, 6.07) is 6.45. The second-order valence-corrected chi connectivity index (χ2v) is 3.68. The molecule has 1 N–H and O–H groups in total. The topological polar surface area (TPSA) is 33.6 Å². The Morgan fingerprint density at radius 3 is 2.93 bits per heavy atom. The van der Waals surface area contributed by atoms with Gasteiger partial charge in [0.1, 0.15) is 11.6 Å². The van der Waals surface area contributed by atoms with E-state index in [-0.39, 0.29) is 5.82 Å². The number of aromatic amines is 1. The van der Waals surface area contributed by atoms with Gasteiger partial charge in [-0.25, -0.2) is 9.37 Å². The molecule has 2 rings (SSSR count). The third kappa shape index (κ3) is 2.30. The molecule has 0 aliphatic rings. The van der Waals surface area contributed by atoms with Crippen molar-refractivity contribution in [3.63, 3.8) is 0 Å². The van der Waals surface area contributed by atoms with Gasteiger partial charge in [0.05, 0.1) is 0 Å². The van der Waals surface area contributed by atoms with Crippen molar-refractivity contribution in [1.82, 2.24) is 14.8 Å². The molecule has 1 aromatic carbocycles. The minimum Gasteiger partial charge on any atom is -0.283 e. The highest BCUT2D eigenvalue weighted by atomic mass is 32.1. The van der Waals surface area contributed by atoms with Crippen molar-refractivity contribution in [2.24, 2.45) is 7.05 Å². The van der Waals surface area contributed by atoms with Crippen LogP contribution in [0.2, 0.25) is 0 Å². The minimum atomic E-state index is -0.234. The number of nitrogens with zero attached hydrogens (tertiary/aromatic N) is 2. The van der Waals surface area contributed by atoms with Crippen LogP contribution < -0.4 is 0 Å². The molecule has 0 spiro atoms. The maximum Gasteiger partial charge on any atom is 0.215 e. The highest BCUT2D eigenvalue weighted by molar-refractivity contribution is 7.71. The van der Waals surface area contributed by atoms with E-state index in [0.717, 1.165) is 11.4 Å². The van der Waals surface area contributed by atoms with Crippen molar-refractivity contribution >= 4 is 12.2 Å². The highest BCUT2D eigenvalue weighted by Crippen LogP contribution is 2.07. The van der Waals surface area contributed by atoms with Crippen LogP contribution in [-0.4, -0.2) is 14.8 Å². The van der Waals surface area contributed by atoms with E-state index < -0.39 is 0 Å². The fourth-order valence-electron chi connectivity index (χ4n) is 1.38. The molecule has 0 unspecified atom stereocenters. The zero-order chi connectivity index (χ0) is 10.8. The molecule has 0 atom stereocenters. The lowest BCUT2D eigenvalue weighted by Gasteiger charge is -1.97. The van der Waals surface area contributed by atoms with E-state index in [4.69, 9.17) is 12.2 Å². The maximum absolute atomic E-state index is 12.9. The second kappa shape index (κ2) is 3.94. The molecule has 0 saturated heterocycles. The molecular weight excluding hydrogens is 213 g/mol. The molecular formula is C10H10FN3S. The van der Waals surface area contributed by atoms with Crippen LogP contribution in [0.4, 0.5) is 4.39 Å². The lowest BCUT2D eigenvalue weighted by atomic mass is 10.1. The molecule has 0 bridgehead atoms. The van der Waals surface area contributed by atoms with Crippen molar-refractivity contribution in [3.05, 3.63) is 46.2 Å². The Labute approximate surface area is 91.6 Å². The smallest absolute Gasteiger partial charge is 0.215 e. The van der Waals surface area contributed by atoms with Gasteiger partial charge in [-0.2, -0.15) is 0 Å². The third-order valence-electron chi connectivity index (χ3n) is 2.07. The van der Waals surface area contributed by atoms with E-state index in [2.05, 4.69) is 10.1 Å². The number of aryl methyl sites for hydroxylation is 1. The molecule has 0 fully saturated rings. The number of aromatic nitrogens is 3. The van der Waals surface area contributed by atoms with Gasteiger partial charge in [-0.05, 0) is 29.9 Å². The van der Waals surface area contributed by atoms with Crippen LogP contribution >= 0.6 is 12.2 Å². The summed E-state index contributed by atoms with van der Waals surface area (Å²) >= 11 is 4.96. The van der Waals surface area contributed by atoms with Gasteiger partial charge >= 0.3 is 0 Å². The van der Waals surface area contributed by atoms with Gasteiger partial charge in [0.2, 0.25) is 4.77 Å². The van der Waals surface area contributed by atoms with Gasteiger partial charge in [0.15, 0.2) is 0 Å². The summed E-state index contributed by atoms with van der Waals surface area (Å²) in [5.74, 6) is 0.509. The van der Waals surface area contributed by atoms with Gasteiger partial charge in [-0.15, -0.1) is 0 Å². The molecule has 3 nitrogen and oxygen atoms in total. The molecule has 0 aliphatic heterocycles. The normalized spacial score (nSPS) is 10.5. The van der Waals surface area contributed by atoms with Crippen LogP contribution in [0, 0.1) is 10.6 Å². The fraction of sp³-hybridized carbons (Fsp3) is 0.200. The van der Waals surface area contributed by atoms with Crippen molar-refractivity contribution in [2.75, 3.05) is 0 Å². The first-order chi connectivity index (χ1) is 7.15. The molecule has 15 heavy (non-hydrogen) atoms. The standard InChI is InChI=1S/C10H10FN3S/c1-14-10(15)12-9(13-14)6-7-3-2-4-8(11)5-7/h2-5H,6H2,1H3,(H,12,13,15). The lowest BCUT2D eigenvalue weighted by molar-refractivity contribution is 0.625. The average molecular weight is 223 g/mol. The molecule has 78 valence electrons. The Hall–Kier alpha value is -1.49. The molecule has 1 heterocycles. The molecule has 1 aromatic heterocycles. The van der Waals surface area contributed by atoms with Crippen molar-refractivity contribution in [1.29, 1.82) is 0 Å². The number of hydrogen-bond donors (Lipinski definition) is 1. The number of hydrogen-bond acceptors (Lipinski definition) is 2. The predicted octanol–water partition coefficient (Wildman–Crippen LogP) is 2.21. The van der Waals surface area contributed by atoms with Gasteiger partial charge in [-0.1, -0.05) is 12.1 Å². The number of halogens is 1. The Balaban J connectivity index is 2.25. The highest BCUT2D eigenvalue weighted by Gasteiger charge is 2.01. The first kappa shape index (κ1) is 10.0. The summed E-state index contributed by atoms with van der Waals surface area (Å²) in [5.41, 5.74) is 0.874. The van der Waals surface area contributed by atoms with Crippen molar-refractivity contribution in [2.45, 2.75) is 6.42 Å². The molecule has 5 heteroatoms. The van der Waals surface area contributed by atoms with Crippen LogP contribution in [-0.2, 0) is 13.5 Å². The predicted molar refractivity (Wildman–Crippen MR) is 57.6 cm³/mol. The summed E-state index contributed by atoms with van der Waals surface area (Å²) < 4.78 is 15.1. The molecule has 0 aliphatic carbocycles. The van der Waals surface area contributed by atoms with Gasteiger partial charge in [-0.3, -0.25) is 9.78 Å². The first-order valence-corrected chi connectivity index (χ1v) is 4.92. The zero-order valence-electron chi connectivity index (χ0n) is 8.20.